The number of esters is 1. The molecule has 0 aliphatic carbocycles. The summed E-state index contributed by atoms with van der Waals surface area (Å²) in [5.41, 5.74) is 6.77. The molecule has 0 atom stereocenters. The molecule has 0 bridgehead atoms. The SMILES string of the molecule is COC(=O)c1cccc(CN(Cc2ccccc2)Cc2cccn2Cc2cccc(C)c2)c1. The fraction of sp³-hybridized carbons (Fsp3) is 0.207. The number of nitrogens with zero attached hydrogens (tertiary/aromatic N) is 2. The molecule has 33 heavy (non-hydrogen) atoms. The maximum Gasteiger partial charge on any atom is 0.337 e. The summed E-state index contributed by atoms with van der Waals surface area (Å²) in [6, 6.07) is 31.2. The number of carbonyl (C=O) groups is 1. The number of carbonyl (C=O) groups excluding carboxylic acids is 1. The van der Waals surface area contributed by atoms with Gasteiger partial charge in [-0.3, -0.25) is 4.90 Å². The van der Waals surface area contributed by atoms with Crippen LogP contribution in [0.4, 0.5) is 0 Å². The number of ether oxygens (including phenoxy) is 1. The molecule has 1 aromatic heterocycles. The van der Waals surface area contributed by atoms with Gasteiger partial charge in [-0.25, -0.2) is 4.79 Å². The van der Waals surface area contributed by atoms with Crippen LogP contribution in [0.3, 0.4) is 0 Å². The second-order valence-electron chi connectivity index (χ2n) is 8.44. The average molecular weight is 439 g/mol. The Morgan fingerprint density at radius 2 is 1.52 bits per heavy atom. The van der Waals surface area contributed by atoms with E-state index in [0.29, 0.717) is 5.56 Å². The van der Waals surface area contributed by atoms with Gasteiger partial charge in [0.25, 0.3) is 0 Å². The van der Waals surface area contributed by atoms with Crippen molar-refractivity contribution in [2.24, 2.45) is 0 Å². The lowest BCUT2D eigenvalue weighted by Gasteiger charge is -2.24. The minimum Gasteiger partial charge on any atom is -0.465 e. The van der Waals surface area contributed by atoms with Crippen molar-refractivity contribution in [3.8, 4) is 0 Å². The van der Waals surface area contributed by atoms with Crippen LogP contribution in [0.15, 0.2) is 97.2 Å². The van der Waals surface area contributed by atoms with Gasteiger partial charge in [0, 0.05) is 38.1 Å². The Morgan fingerprint density at radius 3 is 2.30 bits per heavy atom. The standard InChI is InChI=1S/C29H30N2O2/c1-23-9-6-12-25(17-23)21-31-16-8-15-28(31)22-30(19-24-10-4-3-5-11-24)20-26-13-7-14-27(18-26)29(32)33-2/h3-18H,19-22H2,1-2H3. The van der Waals surface area contributed by atoms with Gasteiger partial charge in [-0.15, -0.1) is 0 Å². The van der Waals surface area contributed by atoms with Crippen molar-refractivity contribution in [3.05, 3.63) is 131 Å². The summed E-state index contributed by atoms with van der Waals surface area (Å²) >= 11 is 0. The van der Waals surface area contributed by atoms with Crippen molar-refractivity contribution in [3.63, 3.8) is 0 Å². The summed E-state index contributed by atoms with van der Waals surface area (Å²) in [5.74, 6) is -0.307. The minimum absolute atomic E-state index is 0.307. The Morgan fingerprint density at radius 1 is 0.788 bits per heavy atom. The summed E-state index contributed by atoms with van der Waals surface area (Å²) in [6.45, 7) is 5.33. The highest BCUT2D eigenvalue weighted by molar-refractivity contribution is 5.89. The predicted octanol–water partition coefficient (Wildman–Crippen LogP) is 5.83. The normalized spacial score (nSPS) is 11.0. The molecule has 0 unspecified atom stereocenters. The van der Waals surface area contributed by atoms with Gasteiger partial charge >= 0.3 is 5.97 Å². The summed E-state index contributed by atoms with van der Waals surface area (Å²) in [7, 11) is 1.42. The fourth-order valence-corrected chi connectivity index (χ4v) is 4.17. The number of hydrogen-bond donors (Lipinski definition) is 0. The van der Waals surface area contributed by atoms with Gasteiger partial charge in [0.1, 0.15) is 0 Å². The van der Waals surface area contributed by atoms with Crippen molar-refractivity contribution in [1.82, 2.24) is 9.47 Å². The number of benzene rings is 3. The van der Waals surface area contributed by atoms with Crippen LogP contribution in [-0.4, -0.2) is 22.5 Å². The third-order valence-corrected chi connectivity index (χ3v) is 5.75. The zero-order valence-electron chi connectivity index (χ0n) is 19.3. The van der Waals surface area contributed by atoms with E-state index in [1.807, 2.05) is 18.2 Å². The molecule has 4 rings (SSSR count). The minimum atomic E-state index is -0.307. The van der Waals surface area contributed by atoms with Crippen molar-refractivity contribution in [1.29, 1.82) is 0 Å². The second-order valence-corrected chi connectivity index (χ2v) is 8.44. The van der Waals surface area contributed by atoms with Gasteiger partial charge < -0.3 is 9.30 Å². The number of aromatic nitrogens is 1. The summed E-state index contributed by atoms with van der Waals surface area (Å²) in [5, 5.41) is 0. The average Bonchev–Trinajstić information content (AvgIpc) is 3.25. The lowest BCUT2D eigenvalue weighted by atomic mass is 10.1. The fourth-order valence-electron chi connectivity index (χ4n) is 4.17. The zero-order chi connectivity index (χ0) is 23.0. The van der Waals surface area contributed by atoms with E-state index in [1.165, 1.54) is 29.5 Å². The molecule has 0 saturated carbocycles. The predicted molar refractivity (Wildman–Crippen MR) is 132 cm³/mol. The van der Waals surface area contributed by atoms with Crippen molar-refractivity contribution >= 4 is 5.97 Å². The molecule has 0 amide bonds. The third-order valence-electron chi connectivity index (χ3n) is 5.75. The van der Waals surface area contributed by atoms with Gasteiger partial charge in [-0.2, -0.15) is 0 Å². The Labute approximate surface area is 196 Å². The molecule has 0 N–H and O–H groups in total. The van der Waals surface area contributed by atoms with Crippen molar-refractivity contribution in [2.45, 2.75) is 33.1 Å². The maximum absolute atomic E-state index is 12.0. The first kappa shape index (κ1) is 22.6. The zero-order valence-corrected chi connectivity index (χ0v) is 19.3. The number of methoxy groups -OCH3 is 1. The highest BCUT2D eigenvalue weighted by atomic mass is 16.5. The lowest BCUT2D eigenvalue weighted by molar-refractivity contribution is 0.0600. The number of aryl methyl sites for hydroxylation is 1. The van der Waals surface area contributed by atoms with E-state index >= 15 is 0 Å². The van der Waals surface area contributed by atoms with E-state index in [4.69, 9.17) is 4.74 Å². The topological polar surface area (TPSA) is 34.5 Å². The summed E-state index contributed by atoms with van der Waals surface area (Å²) in [6.07, 6.45) is 2.15. The van der Waals surface area contributed by atoms with Crippen LogP contribution < -0.4 is 0 Å². The van der Waals surface area contributed by atoms with Crippen molar-refractivity contribution in [2.75, 3.05) is 7.11 Å². The van der Waals surface area contributed by atoms with Crippen molar-refractivity contribution < 1.29 is 9.53 Å². The Kier molecular flexibility index (Phi) is 7.38. The largest absolute Gasteiger partial charge is 0.465 e. The molecule has 0 aliphatic heterocycles. The molecule has 4 nitrogen and oxygen atoms in total. The van der Waals surface area contributed by atoms with Crippen LogP contribution in [0.1, 0.15) is 38.3 Å². The molecule has 0 spiro atoms. The van der Waals surface area contributed by atoms with Crippen LogP contribution in [0, 0.1) is 6.92 Å². The molecule has 1 heterocycles. The highest BCUT2D eigenvalue weighted by Crippen LogP contribution is 2.17. The van der Waals surface area contributed by atoms with E-state index in [1.54, 1.807) is 6.07 Å². The second kappa shape index (κ2) is 10.8. The van der Waals surface area contributed by atoms with Gasteiger partial charge in [-0.1, -0.05) is 72.3 Å². The molecular formula is C29H30N2O2. The Balaban J connectivity index is 1.56. The molecule has 168 valence electrons. The first-order chi connectivity index (χ1) is 16.1. The van der Waals surface area contributed by atoms with E-state index in [9.17, 15) is 4.79 Å². The van der Waals surface area contributed by atoms with Crippen LogP contribution in [0.2, 0.25) is 0 Å². The molecule has 0 aliphatic rings. The maximum atomic E-state index is 12.0. The van der Waals surface area contributed by atoms with Crippen LogP contribution in [-0.2, 0) is 30.9 Å². The smallest absolute Gasteiger partial charge is 0.337 e. The lowest BCUT2D eigenvalue weighted by Crippen LogP contribution is -2.24. The quantitative estimate of drug-likeness (QED) is 0.308. The molecule has 3 aromatic carbocycles. The van der Waals surface area contributed by atoms with E-state index in [0.717, 1.165) is 31.7 Å². The van der Waals surface area contributed by atoms with Gasteiger partial charge in [0.2, 0.25) is 0 Å². The summed E-state index contributed by atoms with van der Waals surface area (Å²) in [4.78, 5) is 14.4. The van der Waals surface area contributed by atoms with E-state index < -0.39 is 0 Å². The molecule has 0 saturated heterocycles. The van der Waals surface area contributed by atoms with Gasteiger partial charge in [-0.05, 0) is 47.9 Å². The highest BCUT2D eigenvalue weighted by Gasteiger charge is 2.13. The van der Waals surface area contributed by atoms with Gasteiger partial charge in [0.05, 0.1) is 12.7 Å². The Bertz CT molecular complexity index is 1200. The van der Waals surface area contributed by atoms with E-state index in [2.05, 4.69) is 89.3 Å². The molecule has 4 aromatic rings. The number of hydrogen-bond acceptors (Lipinski definition) is 3. The third kappa shape index (κ3) is 6.21. The van der Waals surface area contributed by atoms with Crippen LogP contribution in [0.25, 0.3) is 0 Å². The van der Waals surface area contributed by atoms with Gasteiger partial charge in [0.15, 0.2) is 0 Å². The first-order valence-corrected chi connectivity index (χ1v) is 11.2. The molecule has 4 heteroatoms. The van der Waals surface area contributed by atoms with E-state index in [-0.39, 0.29) is 5.97 Å². The molecular weight excluding hydrogens is 408 g/mol. The molecule has 0 fully saturated rings. The monoisotopic (exact) mass is 438 g/mol. The van der Waals surface area contributed by atoms with Crippen LogP contribution in [0.5, 0.6) is 0 Å². The number of rotatable bonds is 9. The van der Waals surface area contributed by atoms with Crippen LogP contribution >= 0.6 is 0 Å². The Hall–Kier alpha value is -3.63. The molecule has 0 radical (unpaired) electrons. The summed E-state index contributed by atoms with van der Waals surface area (Å²) < 4.78 is 7.22. The first-order valence-electron chi connectivity index (χ1n) is 11.2.